The smallest absolute Gasteiger partial charge is 0.0985 e. The van der Waals surface area contributed by atoms with Gasteiger partial charge in [0.25, 0.3) is 0 Å². The van der Waals surface area contributed by atoms with Crippen LogP contribution in [0.3, 0.4) is 0 Å². The average molecular weight is 247 g/mol. The van der Waals surface area contributed by atoms with Gasteiger partial charge in [-0.25, -0.2) is 0 Å². The molecule has 0 unspecified atom stereocenters. The Morgan fingerprint density at radius 3 is 2.79 bits per heavy atom. The van der Waals surface area contributed by atoms with E-state index in [1.807, 2.05) is 18.2 Å². The Balaban J connectivity index is 2.82. The Bertz CT molecular complexity index is 464. The third-order valence-electron chi connectivity index (χ3n) is 2.16. The first-order chi connectivity index (χ1) is 6.77. The van der Waals surface area contributed by atoms with E-state index < -0.39 is 0 Å². The summed E-state index contributed by atoms with van der Waals surface area (Å²) in [5.74, 6) is 0.385. The van der Waals surface area contributed by atoms with Gasteiger partial charge in [0.2, 0.25) is 0 Å². The third kappa shape index (κ3) is 1.52. The van der Waals surface area contributed by atoms with Crippen molar-refractivity contribution in [3.8, 4) is 0 Å². The van der Waals surface area contributed by atoms with Crippen molar-refractivity contribution >= 4 is 44.6 Å². The van der Waals surface area contributed by atoms with E-state index in [2.05, 4.69) is 0 Å². The van der Waals surface area contributed by atoms with Gasteiger partial charge in [0.05, 0.1) is 16.8 Å². The highest BCUT2D eigenvalue weighted by Crippen LogP contribution is 2.37. The number of aliphatic hydroxyl groups excluding tert-OH is 1. The van der Waals surface area contributed by atoms with Crippen LogP contribution in [0.15, 0.2) is 18.2 Å². The second kappa shape index (κ2) is 4.07. The Labute approximate surface area is 95.9 Å². The van der Waals surface area contributed by atoms with Gasteiger partial charge in [-0.15, -0.1) is 22.9 Å². The summed E-state index contributed by atoms with van der Waals surface area (Å²) < 4.78 is 1.80. The van der Waals surface area contributed by atoms with Crippen molar-refractivity contribution in [2.24, 2.45) is 0 Å². The summed E-state index contributed by atoms with van der Waals surface area (Å²) >= 11 is 13.4. The van der Waals surface area contributed by atoms with Crippen LogP contribution >= 0.6 is 34.5 Å². The summed E-state index contributed by atoms with van der Waals surface area (Å²) in [6.07, 6.45) is 0. The molecule has 1 aromatic carbocycles. The molecular formula is C10H8Cl2OS. The number of alkyl halides is 1. The molecule has 0 aliphatic heterocycles. The Hall–Kier alpha value is -0.280. The number of aliphatic hydroxyl groups is 1. The van der Waals surface area contributed by atoms with Crippen LogP contribution in [0.2, 0.25) is 4.34 Å². The number of halogens is 2. The van der Waals surface area contributed by atoms with E-state index in [1.165, 1.54) is 11.3 Å². The maximum Gasteiger partial charge on any atom is 0.0985 e. The second-order valence-electron chi connectivity index (χ2n) is 2.94. The lowest BCUT2D eigenvalue weighted by Crippen LogP contribution is -1.85. The molecule has 0 saturated carbocycles. The van der Waals surface area contributed by atoms with Crippen LogP contribution in [0.25, 0.3) is 10.1 Å². The molecule has 0 amide bonds. The van der Waals surface area contributed by atoms with Crippen molar-refractivity contribution in [3.05, 3.63) is 33.7 Å². The number of fused-ring (bicyclic) bond motifs is 1. The molecule has 14 heavy (non-hydrogen) atoms. The fourth-order valence-electron chi connectivity index (χ4n) is 1.51. The van der Waals surface area contributed by atoms with E-state index in [0.29, 0.717) is 5.88 Å². The van der Waals surface area contributed by atoms with Gasteiger partial charge in [-0.2, -0.15) is 0 Å². The number of hydrogen-bond acceptors (Lipinski definition) is 2. The minimum Gasteiger partial charge on any atom is -0.392 e. The van der Waals surface area contributed by atoms with Crippen molar-refractivity contribution in [1.82, 2.24) is 0 Å². The zero-order valence-corrected chi connectivity index (χ0v) is 9.59. The molecule has 0 radical (unpaired) electrons. The van der Waals surface area contributed by atoms with Crippen LogP contribution in [0.1, 0.15) is 11.1 Å². The SMILES string of the molecule is OCc1cccc2sc(Cl)c(CCl)c12. The molecule has 0 atom stereocenters. The van der Waals surface area contributed by atoms with E-state index in [4.69, 9.17) is 23.2 Å². The van der Waals surface area contributed by atoms with Gasteiger partial charge in [0, 0.05) is 15.6 Å². The van der Waals surface area contributed by atoms with E-state index in [-0.39, 0.29) is 6.61 Å². The molecule has 1 aromatic heterocycles. The predicted octanol–water partition coefficient (Wildman–Crippen LogP) is 3.79. The normalized spacial score (nSPS) is 11.1. The Morgan fingerprint density at radius 2 is 2.14 bits per heavy atom. The highest BCUT2D eigenvalue weighted by atomic mass is 35.5. The van der Waals surface area contributed by atoms with Crippen molar-refractivity contribution < 1.29 is 5.11 Å². The standard InChI is InChI=1S/C10H8Cl2OS/c11-4-7-9-6(5-13)2-1-3-8(9)14-10(7)12/h1-3,13H,4-5H2. The van der Waals surface area contributed by atoms with E-state index in [1.54, 1.807) is 0 Å². The minimum absolute atomic E-state index is 0.0221. The summed E-state index contributed by atoms with van der Waals surface area (Å²) in [6, 6.07) is 5.79. The molecule has 2 aromatic rings. The molecular weight excluding hydrogens is 239 g/mol. The first-order valence-corrected chi connectivity index (χ1v) is 5.86. The van der Waals surface area contributed by atoms with E-state index in [9.17, 15) is 5.11 Å². The Kier molecular flexibility index (Phi) is 2.98. The summed E-state index contributed by atoms with van der Waals surface area (Å²) in [7, 11) is 0. The zero-order chi connectivity index (χ0) is 10.1. The molecule has 2 rings (SSSR count). The van der Waals surface area contributed by atoms with Crippen molar-refractivity contribution in [2.75, 3.05) is 0 Å². The van der Waals surface area contributed by atoms with Crippen molar-refractivity contribution in [3.63, 3.8) is 0 Å². The van der Waals surface area contributed by atoms with Crippen molar-refractivity contribution in [1.29, 1.82) is 0 Å². The van der Waals surface area contributed by atoms with Gasteiger partial charge in [-0.1, -0.05) is 23.7 Å². The first kappa shape index (κ1) is 10.2. The van der Waals surface area contributed by atoms with E-state index >= 15 is 0 Å². The van der Waals surface area contributed by atoms with Gasteiger partial charge >= 0.3 is 0 Å². The largest absolute Gasteiger partial charge is 0.392 e. The van der Waals surface area contributed by atoms with Crippen LogP contribution in [0.4, 0.5) is 0 Å². The molecule has 0 aliphatic rings. The maximum absolute atomic E-state index is 9.18. The molecule has 74 valence electrons. The fourth-order valence-corrected chi connectivity index (χ4v) is 3.33. The third-order valence-corrected chi connectivity index (χ3v) is 3.87. The Morgan fingerprint density at radius 1 is 1.36 bits per heavy atom. The monoisotopic (exact) mass is 246 g/mol. The van der Waals surface area contributed by atoms with Crippen LogP contribution < -0.4 is 0 Å². The molecule has 1 heterocycles. The fraction of sp³-hybridized carbons (Fsp3) is 0.200. The van der Waals surface area contributed by atoms with Crippen molar-refractivity contribution in [2.45, 2.75) is 12.5 Å². The number of thiophene rings is 1. The summed E-state index contributed by atoms with van der Waals surface area (Å²) in [5.41, 5.74) is 1.82. The van der Waals surface area contributed by atoms with Gasteiger partial charge in [0.15, 0.2) is 0 Å². The van der Waals surface area contributed by atoms with Crippen LogP contribution in [-0.4, -0.2) is 5.11 Å². The van der Waals surface area contributed by atoms with Crippen LogP contribution in [0, 0.1) is 0 Å². The van der Waals surface area contributed by atoms with Crippen LogP contribution in [0.5, 0.6) is 0 Å². The molecule has 0 spiro atoms. The molecule has 0 aliphatic carbocycles. The minimum atomic E-state index is 0.0221. The van der Waals surface area contributed by atoms with E-state index in [0.717, 1.165) is 25.5 Å². The first-order valence-electron chi connectivity index (χ1n) is 4.13. The molecule has 0 fully saturated rings. The molecule has 4 heteroatoms. The quantitative estimate of drug-likeness (QED) is 0.800. The number of hydrogen-bond donors (Lipinski definition) is 1. The predicted molar refractivity (Wildman–Crippen MR) is 62.3 cm³/mol. The average Bonchev–Trinajstić information content (AvgIpc) is 2.52. The lowest BCUT2D eigenvalue weighted by molar-refractivity contribution is 0.283. The highest BCUT2D eigenvalue weighted by Gasteiger charge is 2.12. The molecule has 1 N–H and O–H groups in total. The molecule has 0 bridgehead atoms. The lowest BCUT2D eigenvalue weighted by atomic mass is 10.1. The van der Waals surface area contributed by atoms with Gasteiger partial charge in [-0.05, 0) is 11.6 Å². The maximum atomic E-state index is 9.18. The number of rotatable bonds is 2. The van der Waals surface area contributed by atoms with Gasteiger partial charge in [-0.3, -0.25) is 0 Å². The van der Waals surface area contributed by atoms with Gasteiger partial charge < -0.3 is 5.11 Å². The number of benzene rings is 1. The zero-order valence-electron chi connectivity index (χ0n) is 7.26. The summed E-state index contributed by atoms with van der Waals surface area (Å²) in [6.45, 7) is 0.0221. The summed E-state index contributed by atoms with van der Waals surface area (Å²) in [5, 5.41) is 10.2. The lowest BCUT2D eigenvalue weighted by Gasteiger charge is -2.00. The van der Waals surface area contributed by atoms with Crippen LogP contribution in [-0.2, 0) is 12.5 Å². The topological polar surface area (TPSA) is 20.2 Å². The molecule has 1 nitrogen and oxygen atoms in total. The highest BCUT2D eigenvalue weighted by molar-refractivity contribution is 7.23. The summed E-state index contributed by atoms with van der Waals surface area (Å²) in [4.78, 5) is 0. The second-order valence-corrected chi connectivity index (χ2v) is 4.86. The molecule has 0 saturated heterocycles. The van der Waals surface area contributed by atoms with Gasteiger partial charge in [0.1, 0.15) is 0 Å².